The minimum atomic E-state index is 0.702. The number of aromatic nitrogens is 3. The van der Waals surface area contributed by atoms with Crippen molar-refractivity contribution in [1.29, 1.82) is 0 Å². The lowest BCUT2D eigenvalue weighted by Gasteiger charge is -2.07. The lowest BCUT2D eigenvalue weighted by molar-refractivity contribution is 0.803. The summed E-state index contributed by atoms with van der Waals surface area (Å²) in [7, 11) is 0. The standard InChI is InChI=1S/C14H12ClN3S/c1-9-7-16-5-4-10(9)8-18-13-6-11(15)2-3-12(13)17-14(18)19/h2-7H,8H2,1H3,(H,17,19). The molecule has 1 aromatic carbocycles. The zero-order chi connectivity index (χ0) is 13.4. The van der Waals surface area contributed by atoms with Gasteiger partial charge in [0.25, 0.3) is 0 Å². The number of hydrogen-bond acceptors (Lipinski definition) is 2. The zero-order valence-corrected chi connectivity index (χ0v) is 11.9. The van der Waals surface area contributed by atoms with Gasteiger partial charge >= 0.3 is 0 Å². The Bertz CT molecular complexity index is 804. The second-order valence-electron chi connectivity index (χ2n) is 4.48. The minimum Gasteiger partial charge on any atom is -0.331 e. The van der Waals surface area contributed by atoms with Gasteiger partial charge in [0.1, 0.15) is 0 Å². The molecule has 0 aliphatic carbocycles. The molecule has 5 heteroatoms. The Kier molecular flexibility index (Phi) is 3.12. The van der Waals surface area contributed by atoms with Crippen LogP contribution in [0.15, 0.2) is 36.7 Å². The third-order valence-electron chi connectivity index (χ3n) is 3.20. The molecule has 0 fully saturated rings. The number of rotatable bonds is 2. The molecule has 2 aromatic heterocycles. The van der Waals surface area contributed by atoms with Gasteiger partial charge in [-0.15, -0.1) is 0 Å². The minimum absolute atomic E-state index is 0.702. The van der Waals surface area contributed by atoms with Gasteiger partial charge in [-0.3, -0.25) is 4.98 Å². The van der Waals surface area contributed by atoms with Crippen LogP contribution in [0.2, 0.25) is 5.02 Å². The summed E-state index contributed by atoms with van der Waals surface area (Å²) in [4.78, 5) is 7.31. The predicted octanol–water partition coefficient (Wildman–Crippen LogP) is 4.10. The summed E-state index contributed by atoms with van der Waals surface area (Å²) in [5.74, 6) is 0. The van der Waals surface area contributed by atoms with Crippen LogP contribution in [0, 0.1) is 11.7 Å². The fourth-order valence-electron chi connectivity index (χ4n) is 2.13. The lowest BCUT2D eigenvalue weighted by atomic mass is 10.1. The molecule has 0 spiro atoms. The van der Waals surface area contributed by atoms with Gasteiger partial charge in [0.2, 0.25) is 0 Å². The van der Waals surface area contributed by atoms with Gasteiger partial charge in [-0.05, 0) is 54.5 Å². The van der Waals surface area contributed by atoms with Crippen molar-refractivity contribution in [3.8, 4) is 0 Å². The van der Waals surface area contributed by atoms with E-state index in [2.05, 4.69) is 14.5 Å². The van der Waals surface area contributed by atoms with E-state index in [0.29, 0.717) is 16.3 Å². The van der Waals surface area contributed by atoms with E-state index < -0.39 is 0 Å². The van der Waals surface area contributed by atoms with Crippen LogP contribution in [-0.4, -0.2) is 14.5 Å². The van der Waals surface area contributed by atoms with Crippen LogP contribution in [0.5, 0.6) is 0 Å². The van der Waals surface area contributed by atoms with Gasteiger partial charge in [-0.2, -0.15) is 0 Å². The first-order chi connectivity index (χ1) is 9.15. The first kappa shape index (κ1) is 12.4. The molecule has 19 heavy (non-hydrogen) atoms. The highest BCUT2D eigenvalue weighted by molar-refractivity contribution is 7.71. The summed E-state index contributed by atoms with van der Waals surface area (Å²) in [5, 5.41) is 0.710. The number of imidazole rings is 1. The van der Waals surface area contributed by atoms with Gasteiger partial charge in [0, 0.05) is 17.4 Å². The van der Waals surface area contributed by atoms with Crippen molar-refractivity contribution < 1.29 is 0 Å². The molecule has 3 aromatic rings. The fourth-order valence-corrected chi connectivity index (χ4v) is 2.57. The maximum Gasteiger partial charge on any atom is 0.178 e. The maximum atomic E-state index is 6.06. The topological polar surface area (TPSA) is 33.6 Å². The Morgan fingerprint density at radius 2 is 2.21 bits per heavy atom. The van der Waals surface area contributed by atoms with Crippen LogP contribution in [0.1, 0.15) is 11.1 Å². The number of nitrogens with zero attached hydrogens (tertiary/aromatic N) is 2. The number of pyridine rings is 1. The summed E-state index contributed by atoms with van der Waals surface area (Å²) < 4.78 is 2.76. The van der Waals surface area contributed by atoms with Crippen LogP contribution < -0.4 is 0 Å². The number of H-pyrrole nitrogens is 1. The van der Waals surface area contributed by atoms with Crippen molar-refractivity contribution in [3.63, 3.8) is 0 Å². The van der Waals surface area contributed by atoms with Gasteiger partial charge in [-0.1, -0.05) is 11.6 Å². The first-order valence-electron chi connectivity index (χ1n) is 5.93. The quantitative estimate of drug-likeness (QED) is 0.721. The molecule has 0 saturated carbocycles. The van der Waals surface area contributed by atoms with E-state index in [1.807, 2.05) is 37.4 Å². The third kappa shape index (κ3) is 2.29. The monoisotopic (exact) mass is 289 g/mol. The molecule has 1 N–H and O–H groups in total. The van der Waals surface area contributed by atoms with Crippen molar-refractivity contribution >= 4 is 34.9 Å². The van der Waals surface area contributed by atoms with Crippen LogP contribution in [0.4, 0.5) is 0 Å². The maximum absolute atomic E-state index is 6.06. The molecule has 96 valence electrons. The van der Waals surface area contributed by atoms with E-state index in [9.17, 15) is 0 Å². The van der Waals surface area contributed by atoms with Gasteiger partial charge < -0.3 is 9.55 Å². The number of halogens is 1. The molecule has 2 heterocycles. The molecule has 0 atom stereocenters. The van der Waals surface area contributed by atoms with Crippen molar-refractivity contribution in [2.24, 2.45) is 0 Å². The van der Waals surface area contributed by atoms with Crippen LogP contribution in [0.3, 0.4) is 0 Å². The molecule has 0 aliphatic rings. The molecule has 3 nitrogen and oxygen atoms in total. The average Bonchev–Trinajstić information content (AvgIpc) is 2.69. The highest BCUT2D eigenvalue weighted by atomic mass is 35.5. The number of fused-ring (bicyclic) bond motifs is 1. The molecular formula is C14H12ClN3S. The highest BCUT2D eigenvalue weighted by Gasteiger charge is 2.07. The molecule has 0 saturated heterocycles. The van der Waals surface area contributed by atoms with E-state index in [0.717, 1.165) is 16.6 Å². The number of aromatic amines is 1. The van der Waals surface area contributed by atoms with Gasteiger partial charge in [-0.25, -0.2) is 0 Å². The largest absolute Gasteiger partial charge is 0.331 e. The summed E-state index contributed by atoms with van der Waals surface area (Å²) in [6, 6.07) is 7.75. The van der Waals surface area contributed by atoms with Crippen LogP contribution >= 0.6 is 23.8 Å². The summed E-state index contributed by atoms with van der Waals surface area (Å²) in [6.45, 7) is 2.77. The number of hydrogen-bond donors (Lipinski definition) is 1. The Morgan fingerprint density at radius 3 is 3.00 bits per heavy atom. The number of aryl methyl sites for hydroxylation is 1. The third-order valence-corrected chi connectivity index (χ3v) is 3.76. The average molecular weight is 290 g/mol. The number of nitrogens with one attached hydrogen (secondary N) is 1. The second-order valence-corrected chi connectivity index (χ2v) is 5.30. The SMILES string of the molecule is Cc1cnccc1Cn1c(=S)[nH]c2ccc(Cl)cc21. The van der Waals surface area contributed by atoms with E-state index in [4.69, 9.17) is 23.8 Å². The summed E-state index contributed by atoms with van der Waals surface area (Å²) in [5.41, 5.74) is 4.38. The number of benzene rings is 1. The molecule has 0 aliphatic heterocycles. The van der Waals surface area contributed by atoms with E-state index in [-0.39, 0.29) is 0 Å². The fraction of sp³-hybridized carbons (Fsp3) is 0.143. The second kappa shape index (κ2) is 4.79. The van der Waals surface area contributed by atoms with Crippen LogP contribution in [-0.2, 0) is 6.54 Å². The smallest absolute Gasteiger partial charge is 0.178 e. The van der Waals surface area contributed by atoms with E-state index in [1.54, 1.807) is 6.20 Å². The lowest BCUT2D eigenvalue weighted by Crippen LogP contribution is -2.01. The van der Waals surface area contributed by atoms with Gasteiger partial charge in [0.15, 0.2) is 4.77 Å². The van der Waals surface area contributed by atoms with Gasteiger partial charge in [0.05, 0.1) is 17.6 Å². The zero-order valence-electron chi connectivity index (χ0n) is 10.4. The molecule has 3 rings (SSSR count). The van der Waals surface area contributed by atoms with Crippen LogP contribution in [0.25, 0.3) is 11.0 Å². The van der Waals surface area contributed by atoms with Crippen molar-refractivity contribution in [2.45, 2.75) is 13.5 Å². The van der Waals surface area contributed by atoms with E-state index in [1.165, 1.54) is 5.56 Å². The highest BCUT2D eigenvalue weighted by Crippen LogP contribution is 2.21. The Morgan fingerprint density at radius 1 is 1.37 bits per heavy atom. The molecule has 0 unspecified atom stereocenters. The van der Waals surface area contributed by atoms with Crippen molar-refractivity contribution in [3.05, 3.63) is 57.6 Å². The summed E-state index contributed by atoms with van der Waals surface area (Å²) >= 11 is 11.5. The first-order valence-corrected chi connectivity index (χ1v) is 6.71. The molecule has 0 amide bonds. The Hall–Kier alpha value is -1.65. The van der Waals surface area contributed by atoms with Crippen molar-refractivity contribution in [2.75, 3.05) is 0 Å². The molecule has 0 bridgehead atoms. The molecule has 0 radical (unpaired) electrons. The normalized spacial score (nSPS) is 11.1. The van der Waals surface area contributed by atoms with E-state index >= 15 is 0 Å². The Labute approximate surface area is 120 Å². The van der Waals surface area contributed by atoms with Crippen molar-refractivity contribution in [1.82, 2.24) is 14.5 Å². The summed E-state index contributed by atoms with van der Waals surface area (Å²) in [6.07, 6.45) is 3.66. The predicted molar refractivity (Wildman–Crippen MR) is 80.2 cm³/mol. The Balaban J connectivity index is 2.15. The molecular weight excluding hydrogens is 278 g/mol.